The Bertz CT molecular complexity index is 1390. The lowest BCUT2D eigenvalue weighted by Crippen LogP contribution is -2.35. The van der Waals surface area contributed by atoms with Crippen LogP contribution in [0, 0.1) is 5.92 Å². The van der Waals surface area contributed by atoms with Crippen LogP contribution in [-0.4, -0.2) is 39.3 Å². The fourth-order valence-corrected chi connectivity index (χ4v) is 6.41. The minimum absolute atomic E-state index is 0.0864. The van der Waals surface area contributed by atoms with Crippen molar-refractivity contribution >= 4 is 56.9 Å². The number of benzene rings is 2. The number of aromatic nitrogens is 1. The van der Waals surface area contributed by atoms with E-state index in [0.29, 0.717) is 27.3 Å². The highest BCUT2D eigenvalue weighted by atomic mass is 32.2. The monoisotopic (exact) mass is 517 g/mol. The highest BCUT2D eigenvalue weighted by Crippen LogP contribution is 2.37. The summed E-state index contributed by atoms with van der Waals surface area (Å²) >= 11 is 6.88. The second kappa shape index (κ2) is 10.6. The number of piperidine rings is 1. The van der Waals surface area contributed by atoms with E-state index in [1.807, 2.05) is 36.4 Å². The number of amides is 1. The van der Waals surface area contributed by atoms with Crippen LogP contribution in [0.15, 0.2) is 64.3 Å². The van der Waals surface area contributed by atoms with E-state index in [2.05, 4.69) is 30.0 Å². The fourth-order valence-electron chi connectivity index (χ4n) is 5.12. The lowest BCUT2D eigenvalue weighted by atomic mass is 9.97. The molecular formula is C29H31N3O2S2. The zero-order chi connectivity index (χ0) is 25.2. The maximum atomic E-state index is 13.6. The van der Waals surface area contributed by atoms with Crippen LogP contribution in [0.3, 0.4) is 0 Å². The molecule has 7 heteroatoms. The molecule has 0 unspecified atom stereocenters. The topological polar surface area (TPSA) is 45.6 Å². The van der Waals surface area contributed by atoms with E-state index in [9.17, 15) is 9.59 Å². The summed E-state index contributed by atoms with van der Waals surface area (Å²) in [5.74, 6) is 0.570. The van der Waals surface area contributed by atoms with Gasteiger partial charge in [0.25, 0.3) is 11.5 Å². The van der Waals surface area contributed by atoms with Gasteiger partial charge >= 0.3 is 0 Å². The molecule has 2 aliphatic rings. The van der Waals surface area contributed by atoms with Gasteiger partial charge < -0.3 is 9.47 Å². The molecule has 1 amide bonds. The van der Waals surface area contributed by atoms with Gasteiger partial charge in [0.1, 0.15) is 4.32 Å². The summed E-state index contributed by atoms with van der Waals surface area (Å²) in [5, 5.41) is 1.04. The minimum atomic E-state index is -0.105. The van der Waals surface area contributed by atoms with E-state index >= 15 is 0 Å². The molecule has 0 atom stereocenters. The molecule has 36 heavy (non-hydrogen) atoms. The summed E-state index contributed by atoms with van der Waals surface area (Å²) in [6.07, 6.45) is 5.69. The van der Waals surface area contributed by atoms with Crippen LogP contribution >= 0.6 is 24.0 Å². The summed E-state index contributed by atoms with van der Waals surface area (Å²) < 4.78 is 2.25. The van der Waals surface area contributed by atoms with Gasteiger partial charge in [-0.05, 0) is 49.3 Å². The third-order valence-corrected chi connectivity index (χ3v) is 8.63. The summed E-state index contributed by atoms with van der Waals surface area (Å²) in [7, 11) is 1.80. The van der Waals surface area contributed by atoms with Gasteiger partial charge in [0.05, 0.1) is 21.7 Å². The first-order chi connectivity index (χ1) is 17.4. The normalized spacial score (nSPS) is 18.1. The third kappa shape index (κ3) is 4.87. The Hall–Kier alpha value is -2.90. The molecule has 3 heterocycles. The van der Waals surface area contributed by atoms with Crippen molar-refractivity contribution in [1.82, 2.24) is 9.47 Å². The summed E-state index contributed by atoms with van der Waals surface area (Å²) in [6, 6.07) is 18.3. The number of nitrogens with zero attached hydrogens (tertiary/aromatic N) is 3. The number of thioether (sulfide) groups is 1. The van der Waals surface area contributed by atoms with E-state index in [1.54, 1.807) is 22.6 Å². The van der Waals surface area contributed by atoms with Crippen LogP contribution in [-0.2, 0) is 18.3 Å². The van der Waals surface area contributed by atoms with Gasteiger partial charge in [-0.2, -0.15) is 0 Å². The quantitative estimate of drug-likeness (QED) is 0.314. The number of thiocarbonyl (C=S) groups is 1. The fraction of sp³-hybridized carbons (Fsp3) is 0.345. The first kappa shape index (κ1) is 24.8. The molecule has 1 aromatic heterocycles. The van der Waals surface area contributed by atoms with Crippen molar-refractivity contribution < 1.29 is 4.79 Å². The van der Waals surface area contributed by atoms with E-state index in [0.717, 1.165) is 55.4 Å². The van der Waals surface area contributed by atoms with Gasteiger partial charge in [0, 0.05) is 32.1 Å². The minimum Gasteiger partial charge on any atom is -0.370 e. The van der Waals surface area contributed by atoms with Crippen LogP contribution in [0.2, 0.25) is 0 Å². The van der Waals surface area contributed by atoms with Crippen molar-refractivity contribution in [3.8, 4) is 0 Å². The molecule has 0 N–H and O–H groups in total. The van der Waals surface area contributed by atoms with Crippen LogP contribution < -0.4 is 10.5 Å². The smallest absolute Gasteiger partial charge is 0.266 e. The Morgan fingerprint density at radius 2 is 1.72 bits per heavy atom. The first-order valence-electron chi connectivity index (χ1n) is 12.6. The average molecular weight is 518 g/mol. The number of carbonyl (C=O) groups excluding carboxylic acids is 1. The molecular weight excluding hydrogens is 486 g/mol. The van der Waals surface area contributed by atoms with Crippen molar-refractivity contribution in [2.75, 3.05) is 24.5 Å². The number of hydrogen-bond acceptors (Lipinski definition) is 5. The van der Waals surface area contributed by atoms with Crippen molar-refractivity contribution in [2.24, 2.45) is 13.0 Å². The zero-order valence-electron chi connectivity index (χ0n) is 20.8. The van der Waals surface area contributed by atoms with Crippen LogP contribution in [0.5, 0.6) is 0 Å². The molecule has 0 aliphatic carbocycles. The number of hydrogen-bond donors (Lipinski definition) is 0. The Morgan fingerprint density at radius 3 is 2.47 bits per heavy atom. The highest BCUT2D eigenvalue weighted by Gasteiger charge is 2.33. The lowest BCUT2D eigenvalue weighted by Gasteiger charge is -2.34. The number of para-hydroxylation sites is 1. The second-order valence-corrected chi connectivity index (χ2v) is 11.4. The lowest BCUT2D eigenvalue weighted by molar-refractivity contribution is -0.122. The van der Waals surface area contributed by atoms with Gasteiger partial charge in [0.15, 0.2) is 0 Å². The Kier molecular flexibility index (Phi) is 7.30. The van der Waals surface area contributed by atoms with Crippen LogP contribution in [0.25, 0.3) is 17.0 Å². The molecule has 2 aliphatic heterocycles. The summed E-state index contributed by atoms with van der Waals surface area (Å²) in [4.78, 5) is 31.5. The van der Waals surface area contributed by atoms with Crippen molar-refractivity contribution in [3.05, 3.63) is 81.0 Å². The maximum absolute atomic E-state index is 13.6. The summed E-state index contributed by atoms with van der Waals surface area (Å²) in [5.41, 5.74) is 3.59. The second-order valence-electron chi connectivity index (χ2n) is 9.74. The van der Waals surface area contributed by atoms with Crippen molar-refractivity contribution in [2.45, 2.75) is 32.6 Å². The van der Waals surface area contributed by atoms with Gasteiger partial charge in [-0.1, -0.05) is 79.4 Å². The standard InChI is InChI=1S/C29H31N3O2S2/c1-20-14-17-31(18-15-20)26-22-12-6-7-13-24(22)30(2)27(33)23(26)19-25-28(34)32(29(35)36-25)16-8-11-21-9-4-3-5-10-21/h3-7,9-10,12-13,19-20H,8,11,14-18H2,1-2H3. The molecule has 0 radical (unpaired) electrons. The zero-order valence-corrected chi connectivity index (χ0v) is 22.4. The van der Waals surface area contributed by atoms with E-state index in [4.69, 9.17) is 12.2 Å². The van der Waals surface area contributed by atoms with E-state index < -0.39 is 0 Å². The number of fused-ring (bicyclic) bond motifs is 1. The first-order valence-corrected chi connectivity index (χ1v) is 13.8. The Morgan fingerprint density at radius 1 is 1.03 bits per heavy atom. The highest BCUT2D eigenvalue weighted by molar-refractivity contribution is 8.26. The van der Waals surface area contributed by atoms with Crippen molar-refractivity contribution in [1.29, 1.82) is 0 Å². The third-order valence-electron chi connectivity index (χ3n) is 7.25. The molecule has 5 nitrogen and oxygen atoms in total. The number of rotatable bonds is 6. The molecule has 5 rings (SSSR count). The molecule has 3 aromatic rings. The van der Waals surface area contributed by atoms with Crippen LogP contribution in [0.1, 0.15) is 37.3 Å². The number of carbonyl (C=O) groups is 1. The van der Waals surface area contributed by atoms with E-state index in [-0.39, 0.29) is 11.5 Å². The Labute approximate surface area is 221 Å². The SMILES string of the molecule is CC1CCN(c2c(C=C3SC(=S)N(CCCc4ccccc4)C3=O)c(=O)n(C)c3ccccc23)CC1. The molecule has 2 fully saturated rings. The number of aryl methyl sites for hydroxylation is 2. The summed E-state index contributed by atoms with van der Waals surface area (Å²) in [6.45, 7) is 4.66. The Balaban J connectivity index is 1.48. The average Bonchev–Trinajstić information content (AvgIpc) is 3.16. The predicted octanol–water partition coefficient (Wildman–Crippen LogP) is 5.61. The molecule has 0 bridgehead atoms. The van der Waals surface area contributed by atoms with Gasteiger partial charge in [-0.25, -0.2) is 0 Å². The number of anilines is 1. The number of pyridine rings is 1. The largest absolute Gasteiger partial charge is 0.370 e. The van der Waals surface area contributed by atoms with Gasteiger partial charge in [-0.3, -0.25) is 14.5 Å². The molecule has 2 saturated heterocycles. The van der Waals surface area contributed by atoms with Crippen LogP contribution in [0.4, 0.5) is 5.69 Å². The molecule has 186 valence electrons. The molecule has 2 aromatic carbocycles. The van der Waals surface area contributed by atoms with Gasteiger partial charge in [0.2, 0.25) is 0 Å². The predicted molar refractivity (Wildman–Crippen MR) is 154 cm³/mol. The molecule has 0 spiro atoms. The molecule has 0 saturated carbocycles. The van der Waals surface area contributed by atoms with Crippen molar-refractivity contribution in [3.63, 3.8) is 0 Å². The van der Waals surface area contributed by atoms with E-state index in [1.165, 1.54) is 17.3 Å². The maximum Gasteiger partial charge on any atom is 0.266 e. The van der Waals surface area contributed by atoms with Gasteiger partial charge in [-0.15, -0.1) is 0 Å².